The molecule has 1 N–H and O–H groups in total. The van der Waals surface area contributed by atoms with E-state index in [9.17, 15) is 0 Å². The molecule has 0 fully saturated rings. The highest BCUT2D eigenvalue weighted by atomic mass is 15.3. The van der Waals surface area contributed by atoms with Crippen molar-refractivity contribution in [2.45, 2.75) is 20.4 Å². The summed E-state index contributed by atoms with van der Waals surface area (Å²) < 4.78 is 1.87. The molecule has 2 heterocycles. The van der Waals surface area contributed by atoms with Gasteiger partial charge in [0.05, 0.1) is 5.69 Å². The Balaban J connectivity index is 2.40. The maximum atomic E-state index is 4.42. The Kier molecular flexibility index (Phi) is 3.01. The molecule has 0 aliphatic heterocycles. The molecule has 0 atom stereocenters. The van der Waals surface area contributed by atoms with Crippen LogP contribution in [0.4, 0.5) is 0 Å². The van der Waals surface area contributed by atoms with Crippen molar-refractivity contribution >= 4 is 0 Å². The molecule has 84 valence electrons. The molecule has 0 saturated carbocycles. The molecular formula is C12H16N4. The number of hydrogen-bond acceptors (Lipinski definition) is 3. The highest BCUT2D eigenvalue weighted by Crippen LogP contribution is 2.10. The molecule has 2 aromatic rings. The first-order chi connectivity index (χ1) is 7.70. The standard InChI is InChI=1S/C12H16N4/c1-9-6-10(2)16(15-9)12-7-11(8-13-3)4-5-14-12/h4-7,13H,8H2,1-3H3. The van der Waals surface area contributed by atoms with Crippen molar-refractivity contribution < 1.29 is 0 Å². The third kappa shape index (κ3) is 2.12. The first kappa shape index (κ1) is 10.8. The molecule has 0 aromatic carbocycles. The summed E-state index contributed by atoms with van der Waals surface area (Å²) >= 11 is 0. The van der Waals surface area contributed by atoms with Gasteiger partial charge in [-0.3, -0.25) is 0 Å². The van der Waals surface area contributed by atoms with Crippen molar-refractivity contribution in [3.05, 3.63) is 41.3 Å². The van der Waals surface area contributed by atoms with E-state index in [-0.39, 0.29) is 0 Å². The summed E-state index contributed by atoms with van der Waals surface area (Å²) in [5.74, 6) is 0.873. The van der Waals surface area contributed by atoms with Crippen LogP contribution in [0.25, 0.3) is 5.82 Å². The van der Waals surface area contributed by atoms with E-state index in [1.54, 1.807) is 0 Å². The van der Waals surface area contributed by atoms with Crippen molar-refractivity contribution in [3.63, 3.8) is 0 Å². The van der Waals surface area contributed by atoms with Crippen LogP contribution in [0.1, 0.15) is 17.0 Å². The van der Waals surface area contributed by atoms with Gasteiger partial charge in [0.1, 0.15) is 0 Å². The molecule has 0 unspecified atom stereocenters. The topological polar surface area (TPSA) is 42.7 Å². The SMILES string of the molecule is CNCc1ccnc(-n2nc(C)cc2C)c1. The van der Waals surface area contributed by atoms with Gasteiger partial charge in [-0.15, -0.1) is 0 Å². The summed E-state index contributed by atoms with van der Waals surface area (Å²) in [7, 11) is 1.93. The quantitative estimate of drug-likeness (QED) is 0.847. The Hall–Kier alpha value is -1.68. The van der Waals surface area contributed by atoms with Crippen LogP contribution < -0.4 is 5.32 Å². The molecule has 4 heteroatoms. The minimum atomic E-state index is 0.842. The fourth-order valence-electron chi connectivity index (χ4n) is 1.75. The Morgan fingerprint density at radius 1 is 1.31 bits per heavy atom. The maximum absolute atomic E-state index is 4.42. The number of nitrogens with zero attached hydrogens (tertiary/aromatic N) is 3. The monoisotopic (exact) mass is 216 g/mol. The van der Waals surface area contributed by atoms with Crippen LogP contribution >= 0.6 is 0 Å². The molecule has 2 aromatic heterocycles. The predicted octanol–water partition coefficient (Wildman–Crippen LogP) is 1.60. The van der Waals surface area contributed by atoms with Crippen LogP contribution in [0.15, 0.2) is 24.4 Å². The Labute approximate surface area is 95.3 Å². The second-order valence-corrected chi connectivity index (χ2v) is 3.89. The minimum absolute atomic E-state index is 0.842. The maximum Gasteiger partial charge on any atom is 0.153 e. The first-order valence-electron chi connectivity index (χ1n) is 5.34. The van der Waals surface area contributed by atoms with Crippen LogP contribution in [0.5, 0.6) is 0 Å². The van der Waals surface area contributed by atoms with Crippen molar-refractivity contribution in [2.75, 3.05) is 7.05 Å². The van der Waals surface area contributed by atoms with Gasteiger partial charge in [0, 0.05) is 18.4 Å². The number of aryl methyl sites for hydroxylation is 2. The van der Waals surface area contributed by atoms with Crippen LogP contribution in [-0.2, 0) is 6.54 Å². The van der Waals surface area contributed by atoms with E-state index in [4.69, 9.17) is 0 Å². The molecule has 0 radical (unpaired) electrons. The molecule has 0 amide bonds. The zero-order chi connectivity index (χ0) is 11.5. The molecule has 0 bridgehead atoms. The summed E-state index contributed by atoms with van der Waals surface area (Å²) in [5.41, 5.74) is 3.32. The minimum Gasteiger partial charge on any atom is -0.316 e. The third-order valence-electron chi connectivity index (χ3n) is 2.42. The van der Waals surface area contributed by atoms with E-state index in [2.05, 4.69) is 21.5 Å². The molecule has 0 saturated heterocycles. The number of rotatable bonds is 3. The molecule has 16 heavy (non-hydrogen) atoms. The number of hydrogen-bond donors (Lipinski definition) is 1. The fourth-order valence-corrected chi connectivity index (χ4v) is 1.75. The average molecular weight is 216 g/mol. The van der Waals surface area contributed by atoms with Gasteiger partial charge < -0.3 is 5.32 Å². The number of aromatic nitrogens is 3. The van der Waals surface area contributed by atoms with E-state index < -0.39 is 0 Å². The van der Waals surface area contributed by atoms with Crippen molar-refractivity contribution in [3.8, 4) is 5.82 Å². The summed E-state index contributed by atoms with van der Waals surface area (Å²) in [6.45, 7) is 4.86. The zero-order valence-electron chi connectivity index (χ0n) is 9.86. The first-order valence-corrected chi connectivity index (χ1v) is 5.34. The second kappa shape index (κ2) is 4.45. The van der Waals surface area contributed by atoms with Crippen LogP contribution in [0, 0.1) is 13.8 Å². The summed E-state index contributed by atoms with van der Waals surface area (Å²) in [6.07, 6.45) is 1.82. The van der Waals surface area contributed by atoms with E-state index in [1.807, 2.05) is 43.9 Å². The highest BCUT2D eigenvalue weighted by Gasteiger charge is 2.05. The number of pyridine rings is 1. The molecule has 0 aliphatic rings. The van der Waals surface area contributed by atoms with E-state index in [0.29, 0.717) is 0 Å². The third-order valence-corrected chi connectivity index (χ3v) is 2.42. The normalized spacial score (nSPS) is 10.7. The zero-order valence-corrected chi connectivity index (χ0v) is 9.86. The summed E-state index contributed by atoms with van der Waals surface area (Å²) in [4.78, 5) is 4.34. The molecule has 0 aliphatic carbocycles. The van der Waals surface area contributed by atoms with Gasteiger partial charge in [-0.2, -0.15) is 5.10 Å². The molecule has 4 nitrogen and oxygen atoms in total. The van der Waals surface area contributed by atoms with E-state index in [0.717, 1.165) is 23.8 Å². The second-order valence-electron chi connectivity index (χ2n) is 3.89. The van der Waals surface area contributed by atoms with Crippen LogP contribution in [0.3, 0.4) is 0 Å². The van der Waals surface area contributed by atoms with Gasteiger partial charge in [0.15, 0.2) is 5.82 Å². The van der Waals surface area contributed by atoms with Crippen molar-refractivity contribution in [2.24, 2.45) is 0 Å². The lowest BCUT2D eigenvalue weighted by Crippen LogP contribution is -2.07. The molecule has 2 rings (SSSR count). The van der Waals surface area contributed by atoms with Gasteiger partial charge in [0.25, 0.3) is 0 Å². The van der Waals surface area contributed by atoms with Crippen molar-refractivity contribution in [1.82, 2.24) is 20.1 Å². The Bertz CT molecular complexity index is 488. The van der Waals surface area contributed by atoms with E-state index >= 15 is 0 Å². The fraction of sp³-hybridized carbons (Fsp3) is 0.333. The lowest BCUT2D eigenvalue weighted by Gasteiger charge is -2.05. The van der Waals surface area contributed by atoms with Crippen LogP contribution in [-0.4, -0.2) is 21.8 Å². The van der Waals surface area contributed by atoms with Gasteiger partial charge in [-0.25, -0.2) is 9.67 Å². The van der Waals surface area contributed by atoms with Gasteiger partial charge >= 0.3 is 0 Å². The van der Waals surface area contributed by atoms with Gasteiger partial charge in [0.2, 0.25) is 0 Å². The Morgan fingerprint density at radius 3 is 2.75 bits per heavy atom. The largest absolute Gasteiger partial charge is 0.316 e. The van der Waals surface area contributed by atoms with Gasteiger partial charge in [-0.1, -0.05) is 0 Å². The van der Waals surface area contributed by atoms with Gasteiger partial charge in [-0.05, 0) is 44.7 Å². The highest BCUT2D eigenvalue weighted by molar-refractivity contribution is 5.29. The summed E-state index contributed by atoms with van der Waals surface area (Å²) in [6, 6.07) is 6.11. The average Bonchev–Trinajstić information content (AvgIpc) is 2.59. The van der Waals surface area contributed by atoms with E-state index in [1.165, 1.54) is 5.56 Å². The lowest BCUT2D eigenvalue weighted by molar-refractivity contribution is 0.785. The van der Waals surface area contributed by atoms with Crippen molar-refractivity contribution in [1.29, 1.82) is 0 Å². The predicted molar refractivity (Wildman–Crippen MR) is 63.6 cm³/mol. The molecule has 0 spiro atoms. The number of nitrogens with one attached hydrogen (secondary N) is 1. The van der Waals surface area contributed by atoms with Crippen LogP contribution in [0.2, 0.25) is 0 Å². The smallest absolute Gasteiger partial charge is 0.153 e. The summed E-state index contributed by atoms with van der Waals surface area (Å²) in [5, 5.41) is 7.54. The lowest BCUT2D eigenvalue weighted by atomic mass is 10.2. The Morgan fingerprint density at radius 2 is 2.12 bits per heavy atom. The molecular weight excluding hydrogens is 200 g/mol.